The third-order valence-corrected chi connectivity index (χ3v) is 1.48. The van der Waals surface area contributed by atoms with Crippen molar-refractivity contribution in [2.75, 3.05) is 0 Å². The molecular formula is C10H9NO2. The molecule has 0 atom stereocenters. The van der Waals surface area contributed by atoms with Gasteiger partial charge in [0.05, 0.1) is 0 Å². The van der Waals surface area contributed by atoms with E-state index in [2.05, 4.69) is 16.8 Å². The number of carboxylic acid groups (broad SMARTS) is 1. The van der Waals surface area contributed by atoms with E-state index in [0.717, 1.165) is 11.1 Å². The number of hydrogen-bond donors (Lipinski definition) is 1. The first-order valence-electron chi connectivity index (χ1n) is 3.81. The molecule has 1 aromatic heterocycles. The van der Waals surface area contributed by atoms with Gasteiger partial charge in [-0.05, 0) is 18.6 Å². The number of rotatable bonds is 1. The van der Waals surface area contributed by atoms with Crippen LogP contribution in [-0.2, 0) is 4.79 Å². The van der Waals surface area contributed by atoms with E-state index in [0.29, 0.717) is 0 Å². The van der Waals surface area contributed by atoms with E-state index in [-0.39, 0.29) is 6.42 Å². The Balaban J connectivity index is 2.77. The van der Waals surface area contributed by atoms with Crippen molar-refractivity contribution in [3.8, 4) is 11.8 Å². The average molecular weight is 175 g/mol. The highest BCUT2D eigenvalue weighted by Gasteiger charge is 1.92. The molecular weight excluding hydrogens is 166 g/mol. The van der Waals surface area contributed by atoms with Crippen LogP contribution < -0.4 is 0 Å². The molecule has 0 radical (unpaired) electrons. The number of pyridine rings is 1. The fraction of sp³-hybridized carbons (Fsp3) is 0.200. The summed E-state index contributed by atoms with van der Waals surface area (Å²) in [5.74, 6) is 4.43. The first kappa shape index (κ1) is 9.27. The van der Waals surface area contributed by atoms with Crippen molar-refractivity contribution in [1.82, 2.24) is 4.98 Å². The number of carbonyl (C=O) groups is 1. The summed E-state index contributed by atoms with van der Waals surface area (Å²) in [6.45, 7) is 1.89. The van der Waals surface area contributed by atoms with Crippen LogP contribution in [0.3, 0.4) is 0 Å². The van der Waals surface area contributed by atoms with E-state index in [1.54, 1.807) is 18.5 Å². The molecule has 0 aliphatic heterocycles. The number of carboxylic acids is 1. The molecule has 0 saturated heterocycles. The minimum absolute atomic E-state index is 0.123. The SMILES string of the molecule is Cc1cnccc1C#CCC(=O)O. The van der Waals surface area contributed by atoms with Crippen LogP contribution in [0.4, 0.5) is 0 Å². The number of nitrogens with zero attached hydrogens (tertiary/aromatic N) is 1. The Morgan fingerprint density at radius 2 is 2.46 bits per heavy atom. The molecule has 0 aromatic carbocycles. The summed E-state index contributed by atoms with van der Waals surface area (Å²) in [5, 5.41) is 8.35. The highest BCUT2D eigenvalue weighted by atomic mass is 16.4. The van der Waals surface area contributed by atoms with Crippen LogP contribution in [0.5, 0.6) is 0 Å². The van der Waals surface area contributed by atoms with E-state index >= 15 is 0 Å². The normalized spacial score (nSPS) is 8.69. The van der Waals surface area contributed by atoms with Crippen molar-refractivity contribution in [2.24, 2.45) is 0 Å². The lowest BCUT2D eigenvalue weighted by Gasteiger charge is -1.93. The molecule has 1 heterocycles. The maximum absolute atomic E-state index is 10.2. The first-order chi connectivity index (χ1) is 6.20. The predicted octanol–water partition coefficient (Wildman–Crippen LogP) is 1.22. The third-order valence-electron chi connectivity index (χ3n) is 1.48. The van der Waals surface area contributed by atoms with E-state index in [1.807, 2.05) is 6.92 Å². The maximum atomic E-state index is 10.2. The topological polar surface area (TPSA) is 50.2 Å². The van der Waals surface area contributed by atoms with E-state index in [9.17, 15) is 4.79 Å². The minimum Gasteiger partial charge on any atom is -0.481 e. The summed E-state index contributed by atoms with van der Waals surface area (Å²) in [5.41, 5.74) is 1.79. The largest absolute Gasteiger partial charge is 0.481 e. The molecule has 66 valence electrons. The van der Waals surface area contributed by atoms with Gasteiger partial charge in [0.25, 0.3) is 0 Å². The highest BCUT2D eigenvalue weighted by Crippen LogP contribution is 2.01. The van der Waals surface area contributed by atoms with Crippen molar-refractivity contribution >= 4 is 5.97 Å². The third kappa shape index (κ3) is 2.96. The highest BCUT2D eigenvalue weighted by molar-refractivity contribution is 5.70. The Morgan fingerprint density at radius 3 is 3.08 bits per heavy atom. The molecule has 0 saturated carbocycles. The number of aliphatic carboxylic acids is 1. The molecule has 0 spiro atoms. The smallest absolute Gasteiger partial charge is 0.315 e. The lowest BCUT2D eigenvalue weighted by molar-refractivity contribution is -0.135. The number of aryl methyl sites for hydroxylation is 1. The van der Waals surface area contributed by atoms with Gasteiger partial charge in [0.1, 0.15) is 6.42 Å². The zero-order chi connectivity index (χ0) is 9.68. The van der Waals surface area contributed by atoms with Gasteiger partial charge >= 0.3 is 5.97 Å². The van der Waals surface area contributed by atoms with Gasteiger partial charge in [-0.25, -0.2) is 0 Å². The molecule has 1 rings (SSSR count). The summed E-state index contributed by atoms with van der Waals surface area (Å²) in [7, 11) is 0. The Bertz CT molecular complexity index is 374. The summed E-state index contributed by atoms with van der Waals surface area (Å²) in [6.07, 6.45) is 3.21. The van der Waals surface area contributed by atoms with Crippen LogP contribution in [0.15, 0.2) is 18.5 Å². The van der Waals surface area contributed by atoms with Crippen molar-refractivity contribution in [2.45, 2.75) is 13.3 Å². The predicted molar refractivity (Wildman–Crippen MR) is 48.1 cm³/mol. The molecule has 1 N–H and O–H groups in total. The van der Waals surface area contributed by atoms with Gasteiger partial charge in [0.15, 0.2) is 0 Å². The van der Waals surface area contributed by atoms with E-state index in [1.165, 1.54) is 0 Å². The maximum Gasteiger partial charge on any atom is 0.315 e. The molecule has 0 aliphatic carbocycles. The standard InChI is InChI=1S/C10H9NO2/c1-8-7-11-6-5-9(8)3-2-4-10(12)13/h5-7H,4H2,1H3,(H,12,13). The second kappa shape index (κ2) is 4.27. The fourth-order valence-electron chi connectivity index (χ4n) is 0.829. The van der Waals surface area contributed by atoms with E-state index < -0.39 is 5.97 Å². The number of hydrogen-bond acceptors (Lipinski definition) is 2. The van der Waals surface area contributed by atoms with Gasteiger partial charge < -0.3 is 5.11 Å². The van der Waals surface area contributed by atoms with Crippen LogP contribution in [0.25, 0.3) is 0 Å². The minimum atomic E-state index is -0.904. The van der Waals surface area contributed by atoms with Gasteiger partial charge in [-0.15, -0.1) is 0 Å². The summed E-state index contributed by atoms with van der Waals surface area (Å²) in [4.78, 5) is 14.1. The van der Waals surface area contributed by atoms with Crippen molar-refractivity contribution in [1.29, 1.82) is 0 Å². The molecule has 0 fully saturated rings. The molecule has 13 heavy (non-hydrogen) atoms. The summed E-state index contributed by atoms with van der Waals surface area (Å²) in [6, 6.07) is 1.77. The molecule has 0 unspecified atom stereocenters. The summed E-state index contributed by atoms with van der Waals surface area (Å²) < 4.78 is 0. The van der Waals surface area contributed by atoms with Gasteiger partial charge in [0.2, 0.25) is 0 Å². The van der Waals surface area contributed by atoms with Crippen LogP contribution in [0.2, 0.25) is 0 Å². The quantitative estimate of drug-likeness (QED) is 0.653. The van der Waals surface area contributed by atoms with Crippen molar-refractivity contribution in [3.05, 3.63) is 29.6 Å². The van der Waals surface area contributed by atoms with Crippen LogP contribution in [0.1, 0.15) is 17.5 Å². The van der Waals surface area contributed by atoms with Crippen LogP contribution in [0, 0.1) is 18.8 Å². The number of aromatic nitrogens is 1. The van der Waals surface area contributed by atoms with Gasteiger partial charge in [-0.2, -0.15) is 0 Å². The lowest BCUT2D eigenvalue weighted by atomic mass is 10.1. The van der Waals surface area contributed by atoms with Crippen molar-refractivity contribution in [3.63, 3.8) is 0 Å². The average Bonchev–Trinajstić information content (AvgIpc) is 2.08. The Morgan fingerprint density at radius 1 is 1.69 bits per heavy atom. The van der Waals surface area contributed by atoms with Gasteiger partial charge in [0, 0.05) is 18.0 Å². The summed E-state index contributed by atoms with van der Waals surface area (Å²) >= 11 is 0. The van der Waals surface area contributed by atoms with Crippen LogP contribution in [-0.4, -0.2) is 16.1 Å². The molecule has 0 bridgehead atoms. The molecule has 3 nitrogen and oxygen atoms in total. The van der Waals surface area contributed by atoms with Gasteiger partial charge in [-0.1, -0.05) is 11.8 Å². The zero-order valence-corrected chi connectivity index (χ0v) is 7.24. The Labute approximate surface area is 76.4 Å². The molecule has 1 aromatic rings. The first-order valence-corrected chi connectivity index (χ1v) is 3.81. The molecule has 0 aliphatic rings. The molecule has 3 heteroatoms. The van der Waals surface area contributed by atoms with E-state index in [4.69, 9.17) is 5.11 Å². The second-order valence-corrected chi connectivity index (χ2v) is 2.56. The van der Waals surface area contributed by atoms with Crippen LogP contribution >= 0.6 is 0 Å². The monoisotopic (exact) mass is 175 g/mol. The zero-order valence-electron chi connectivity index (χ0n) is 7.24. The second-order valence-electron chi connectivity index (χ2n) is 2.56. The molecule has 0 amide bonds. The van der Waals surface area contributed by atoms with Crippen molar-refractivity contribution < 1.29 is 9.90 Å². The fourth-order valence-corrected chi connectivity index (χ4v) is 0.829. The Hall–Kier alpha value is -1.82. The lowest BCUT2D eigenvalue weighted by Crippen LogP contribution is -1.90. The van der Waals surface area contributed by atoms with Gasteiger partial charge in [-0.3, -0.25) is 9.78 Å². The Kier molecular flexibility index (Phi) is 3.04.